The van der Waals surface area contributed by atoms with Crippen molar-refractivity contribution in [2.24, 2.45) is 20.5 Å². The van der Waals surface area contributed by atoms with Crippen molar-refractivity contribution >= 4 is 184 Å². The van der Waals surface area contributed by atoms with Crippen LogP contribution in [0.5, 0.6) is 11.5 Å². The summed E-state index contributed by atoms with van der Waals surface area (Å²) >= 11 is 0. The van der Waals surface area contributed by atoms with Crippen LogP contribution in [0.2, 0.25) is 0 Å². The van der Waals surface area contributed by atoms with Crippen LogP contribution in [-0.2, 0) is 40.5 Å². The Morgan fingerprint density at radius 2 is 0.742 bits per heavy atom. The van der Waals surface area contributed by atoms with Gasteiger partial charge in [0.1, 0.15) is 31.0 Å². The minimum atomic E-state index is -5.06. The monoisotopic (exact) mass is 898 g/mol. The van der Waals surface area contributed by atoms with E-state index in [-0.39, 0.29) is 131 Å². The Labute approximate surface area is 401 Å². The number of nitrogens with zero attached hydrogens (tertiary/aromatic N) is 4. The summed E-state index contributed by atoms with van der Waals surface area (Å²) < 4.78 is 138. The van der Waals surface area contributed by atoms with Gasteiger partial charge in [-0.2, -0.15) is 43.9 Å². The van der Waals surface area contributed by atoms with Crippen LogP contribution >= 0.6 is 0 Å². The minimum absolute atomic E-state index is 0. The van der Waals surface area contributed by atoms with E-state index in [0.29, 0.717) is 0 Å². The van der Waals surface area contributed by atoms with E-state index in [1.807, 2.05) is 0 Å². The van der Waals surface area contributed by atoms with E-state index in [9.17, 15) is 62.1 Å². The van der Waals surface area contributed by atoms with E-state index in [1.54, 1.807) is 0 Å². The number of hydrogen-bond acceptors (Lipinski definition) is 16. The summed E-state index contributed by atoms with van der Waals surface area (Å²) in [5.41, 5.74) is 9.31. The number of hydrogen-bond donors (Lipinski definition) is 8. The molecule has 0 aromatic heterocycles. The normalized spacial score (nSPS) is 12.3. The summed E-state index contributed by atoms with van der Waals surface area (Å²) in [6, 6.07) is 16.3. The number of nitrogen functional groups attached to an aromatic ring is 2. The Bertz CT molecular complexity index is 3080. The number of aromatic hydroxyl groups is 2. The fourth-order valence-electron chi connectivity index (χ4n) is 5.59. The molecule has 0 unspecified atom stereocenters. The molecule has 0 amide bonds. The molecule has 0 spiro atoms. The van der Waals surface area contributed by atoms with Crippen molar-refractivity contribution in [3.8, 4) is 11.5 Å². The van der Waals surface area contributed by atoms with Gasteiger partial charge >= 0.3 is 0 Å². The van der Waals surface area contributed by atoms with E-state index >= 15 is 0 Å². The molecule has 0 atom stereocenters. The molecule has 0 saturated heterocycles. The quantitative estimate of drug-likeness (QED) is 0.0294. The standard InChI is InChI=1S/C34H26N6O14S4.4Li/c35-21-7-3-19-11-29(57(49,50)51)31(33(41)25(19)13-21)39-37-23-9-5-17(27(15-23)55(43,44)45)1-2-18-6-10-24(16-28(18)56(46,47)48)38-40-32-30(58(52,53)54)12-20-4-8-22(36)14-26(20)34(32)42;;;;/h1-16,41-42H,35-36H2,(H,43,44,45)(H,46,47,48)(H,49,50,51)(H,52,53,54);;;;. The van der Waals surface area contributed by atoms with Gasteiger partial charge in [0.15, 0.2) is 11.5 Å². The van der Waals surface area contributed by atoms with Gasteiger partial charge < -0.3 is 21.7 Å². The van der Waals surface area contributed by atoms with Gasteiger partial charge in [-0.3, -0.25) is 18.2 Å². The van der Waals surface area contributed by atoms with Gasteiger partial charge in [-0.25, -0.2) is 0 Å². The third kappa shape index (κ3) is 12.0. The molecule has 0 aliphatic carbocycles. The molecule has 0 fully saturated rings. The van der Waals surface area contributed by atoms with Crippen molar-refractivity contribution in [1.29, 1.82) is 0 Å². The number of nitrogens with two attached hydrogens (primary N) is 2. The number of phenolic OH excluding ortho intramolecular Hbond substituents is 2. The average molecular weight is 899 g/mol. The fourth-order valence-corrected chi connectivity index (χ4v) is 8.31. The summed E-state index contributed by atoms with van der Waals surface area (Å²) in [5.74, 6) is -1.48. The van der Waals surface area contributed by atoms with Gasteiger partial charge in [-0.1, -0.05) is 36.4 Å². The van der Waals surface area contributed by atoms with Crippen LogP contribution in [0, 0.1) is 0 Å². The molecule has 0 aliphatic heterocycles. The number of phenols is 2. The fraction of sp³-hybridized carbons (Fsp3) is 0. The van der Waals surface area contributed by atoms with Crippen LogP contribution in [0.15, 0.2) is 125 Å². The molecule has 0 aliphatic rings. The van der Waals surface area contributed by atoms with E-state index in [0.717, 1.165) is 60.7 Å². The first-order chi connectivity index (χ1) is 26.9. The zero-order valence-corrected chi connectivity index (χ0v) is 36.0. The Hall–Kier alpha value is -3.99. The molecule has 20 nitrogen and oxygen atoms in total. The zero-order chi connectivity index (χ0) is 42.5. The van der Waals surface area contributed by atoms with Gasteiger partial charge in [0.25, 0.3) is 40.5 Å². The van der Waals surface area contributed by atoms with Gasteiger partial charge in [-0.15, -0.1) is 10.2 Å². The summed E-state index contributed by atoms with van der Waals surface area (Å²) in [7, 11) is -20.1. The van der Waals surface area contributed by atoms with Crippen molar-refractivity contribution in [3.05, 3.63) is 96.1 Å². The van der Waals surface area contributed by atoms with Crippen molar-refractivity contribution < 1.29 is 62.1 Å². The second-order valence-electron chi connectivity index (χ2n) is 12.2. The summed E-state index contributed by atoms with van der Waals surface area (Å²) in [4.78, 5) is -3.31. The van der Waals surface area contributed by atoms with Crippen molar-refractivity contribution in [1.82, 2.24) is 0 Å². The minimum Gasteiger partial charge on any atom is -0.505 e. The third-order valence-electron chi connectivity index (χ3n) is 8.23. The van der Waals surface area contributed by atoms with Crippen LogP contribution in [-0.4, -0.2) is 138 Å². The predicted octanol–water partition coefficient (Wildman–Crippen LogP) is 5.03. The second-order valence-corrected chi connectivity index (χ2v) is 17.7. The van der Waals surface area contributed by atoms with Crippen LogP contribution in [0.25, 0.3) is 33.7 Å². The topological polar surface area (TPSA) is 359 Å². The molecular formula is C34H26Li4N6O14S4. The first-order valence-corrected chi connectivity index (χ1v) is 21.5. The first-order valence-electron chi connectivity index (χ1n) is 15.7. The number of anilines is 2. The molecular weight excluding hydrogens is 872 g/mol. The zero-order valence-electron chi connectivity index (χ0n) is 32.8. The molecule has 62 heavy (non-hydrogen) atoms. The summed E-state index contributed by atoms with van der Waals surface area (Å²) in [5, 5.41) is 37.1. The molecule has 28 heteroatoms. The molecule has 4 radical (unpaired) electrons. The van der Waals surface area contributed by atoms with Gasteiger partial charge in [-0.05, 0) is 82.6 Å². The number of rotatable bonds is 10. The third-order valence-corrected chi connectivity index (χ3v) is 11.8. The second kappa shape index (κ2) is 20.2. The molecule has 6 aromatic rings. The average Bonchev–Trinajstić information content (AvgIpc) is 3.12. The summed E-state index contributed by atoms with van der Waals surface area (Å²) in [6.45, 7) is 0. The molecule has 10 N–H and O–H groups in total. The van der Waals surface area contributed by atoms with Gasteiger partial charge in [0.05, 0.1) is 11.4 Å². The van der Waals surface area contributed by atoms with Crippen LogP contribution in [0.3, 0.4) is 0 Å². The maximum absolute atomic E-state index is 12.4. The summed E-state index contributed by atoms with van der Waals surface area (Å²) in [6.07, 6.45) is 2.06. The molecule has 0 saturated carbocycles. The molecule has 0 heterocycles. The predicted molar refractivity (Wildman–Crippen MR) is 232 cm³/mol. The van der Waals surface area contributed by atoms with Crippen LogP contribution in [0.4, 0.5) is 34.1 Å². The molecule has 304 valence electrons. The molecule has 6 rings (SSSR count). The van der Waals surface area contributed by atoms with E-state index in [2.05, 4.69) is 20.5 Å². The largest absolute Gasteiger partial charge is 0.505 e. The van der Waals surface area contributed by atoms with Crippen molar-refractivity contribution in [2.75, 3.05) is 11.5 Å². The Morgan fingerprint density at radius 1 is 0.419 bits per heavy atom. The SMILES string of the molecule is Nc1ccc2cc(S(=O)(=O)O)c(N=Nc3ccc(C=Cc4ccc(N=Nc5c(S(=O)(=O)O)cc6ccc(N)cc6c5O)cc4S(=O)(=O)O)c(S(=O)(=O)O)c3)c(O)c2c1.[Li].[Li].[Li].[Li]. The Balaban J connectivity index is 0.00000331. The Morgan fingerprint density at radius 3 is 1.05 bits per heavy atom. The van der Waals surface area contributed by atoms with E-state index in [1.165, 1.54) is 36.4 Å². The maximum Gasteiger partial charge on any atom is 0.296 e. The van der Waals surface area contributed by atoms with E-state index < -0.39 is 82.9 Å². The maximum atomic E-state index is 12.4. The number of fused-ring (bicyclic) bond motifs is 2. The van der Waals surface area contributed by atoms with E-state index in [4.69, 9.17) is 11.5 Å². The smallest absolute Gasteiger partial charge is 0.296 e. The molecule has 0 bridgehead atoms. The first kappa shape index (κ1) is 54.1. The number of azo groups is 2. The van der Waals surface area contributed by atoms with Crippen LogP contribution in [0.1, 0.15) is 11.1 Å². The van der Waals surface area contributed by atoms with Crippen LogP contribution < -0.4 is 11.5 Å². The Kier molecular flexibility index (Phi) is 17.7. The van der Waals surface area contributed by atoms with Crippen molar-refractivity contribution in [2.45, 2.75) is 19.6 Å². The molecule has 6 aromatic carbocycles. The van der Waals surface area contributed by atoms with Gasteiger partial charge in [0, 0.05) is 97.6 Å². The number of benzene rings is 6. The van der Waals surface area contributed by atoms with Gasteiger partial charge in [0.2, 0.25) is 0 Å². The van der Waals surface area contributed by atoms with Crippen molar-refractivity contribution in [3.63, 3.8) is 0 Å².